The van der Waals surface area contributed by atoms with Crippen LogP contribution >= 0.6 is 0 Å². The number of furan rings is 1. The molecule has 1 aliphatic heterocycles. The van der Waals surface area contributed by atoms with Crippen molar-refractivity contribution in [2.24, 2.45) is 0 Å². The minimum absolute atomic E-state index is 0.184. The molecule has 8 nitrogen and oxygen atoms in total. The van der Waals surface area contributed by atoms with Crippen molar-refractivity contribution in [3.05, 3.63) is 60.2 Å². The zero-order chi connectivity index (χ0) is 20.2. The molecule has 150 valence electrons. The smallest absolute Gasteiger partial charge is 0.276 e. The largest absolute Gasteiger partial charge is 0.461 e. The highest BCUT2D eigenvalue weighted by atomic mass is 19.1. The molecular formula is C20H19FN4O4. The van der Waals surface area contributed by atoms with Gasteiger partial charge in [0.1, 0.15) is 5.82 Å². The molecule has 0 spiro atoms. The molecule has 29 heavy (non-hydrogen) atoms. The number of halogens is 1. The molecule has 2 amide bonds. The van der Waals surface area contributed by atoms with E-state index in [0.717, 1.165) is 0 Å². The molecule has 1 fully saturated rings. The Balaban J connectivity index is 1.27. The lowest BCUT2D eigenvalue weighted by Gasteiger charge is -2.33. The lowest BCUT2D eigenvalue weighted by atomic mass is 10.2. The summed E-state index contributed by atoms with van der Waals surface area (Å²) >= 11 is 0. The fourth-order valence-corrected chi connectivity index (χ4v) is 3.12. The third-order valence-corrected chi connectivity index (χ3v) is 4.65. The van der Waals surface area contributed by atoms with Crippen molar-refractivity contribution in [2.45, 2.75) is 0 Å². The van der Waals surface area contributed by atoms with E-state index in [4.69, 9.17) is 8.94 Å². The third kappa shape index (κ3) is 4.52. The number of nitrogens with zero attached hydrogens (tertiary/aromatic N) is 3. The molecule has 0 saturated carbocycles. The first-order chi connectivity index (χ1) is 14.1. The van der Waals surface area contributed by atoms with Crippen LogP contribution in [0.15, 0.2) is 57.7 Å². The van der Waals surface area contributed by atoms with Gasteiger partial charge in [0.15, 0.2) is 11.5 Å². The van der Waals surface area contributed by atoms with Crippen LogP contribution in [0, 0.1) is 5.82 Å². The van der Waals surface area contributed by atoms with E-state index >= 15 is 0 Å². The van der Waals surface area contributed by atoms with Gasteiger partial charge in [-0.1, -0.05) is 5.16 Å². The molecule has 2 aromatic heterocycles. The van der Waals surface area contributed by atoms with Crippen molar-refractivity contribution in [2.75, 3.05) is 38.0 Å². The maximum absolute atomic E-state index is 12.9. The summed E-state index contributed by atoms with van der Waals surface area (Å²) in [5.74, 6) is 0.146. The molecule has 4 rings (SSSR count). The first-order valence-corrected chi connectivity index (χ1v) is 9.16. The summed E-state index contributed by atoms with van der Waals surface area (Å²) in [6.45, 7) is 2.28. The molecule has 1 N–H and O–H groups in total. The molecule has 3 heterocycles. The lowest BCUT2D eigenvalue weighted by molar-refractivity contribution is -0.117. The second-order valence-electron chi connectivity index (χ2n) is 6.68. The van der Waals surface area contributed by atoms with Gasteiger partial charge in [-0.05, 0) is 36.4 Å². The van der Waals surface area contributed by atoms with Crippen molar-refractivity contribution in [1.29, 1.82) is 0 Å². The highest BCUT2D eigenvalue weighted by molar-refractivity contribution is 5.93. The van der Waals surface area contributed by atoms with Gasteiger partial charge in [-0.3, -0.25) is 14.5 Å². The van der Waals surface area contributed by atoms with E-state index in [1.165, 1.54) is 30.5 Å². The third-order valence-electron chi connectivity index (χ3n) is 4.65. The second kappa shape index (κ2) is 8.27. The number of hydrogen-bond acceptors (Lipinski definition) is 6. The average Bonchev–Trinajstić information content (AvgIpc) is 3.41. The molecule has 0 bridgehead atoms. The molecule has 1 aromatic carbocycles. The Morgan fingerprint density at radius 2 is 1.83 bits per heavy atom. The average molecular weight is 398 g/mol. The Labute approximate surface area is 165 Å². The van der Waals surface area contributed by atoms with E-state index in [1.807, 2.05) is 4.90 Å². The molecule has 0 radical (unpaired) electrons. The topological polar surface area (TPSA) is 91.8 Å². The van der Waals surface area contributed by atoms with E-state index in [1.54, 1.807) is 23.1 Å². The SMILES string of the molecule is O=C(CN1CCN(C(=O)c2cc(-c3ccco3)on2)CC1)Nc1ccc(F)cc1. The van der Waals surface area contributed by atoms with Gasteiger partial charge in [0.05, 0.1) is 12.8 Å². The van der Waals surface area contributed by atoms with E-state index in [2.05, 4.69) is 10.5 Å². The van der Waals surface area contributed by atoms with Crippen LogP contribution in [0.1, 0.15) is 10.5 Å². The Bertz CT molecular complexity index is 976. The molecule has 0 aliphatic carbocycles. The van der Waals surface area contributed by atoms with Gasteiger partial charge < -0.3 is 19.2 Å². The van der Waals surface area contributed by atoms with E-state index in [-0.39, 0.29) is 29.9 Å². The number of benzene rings is 1. The highest BCUT2D eigenvalue weighted by Crippen LogP contribution is 2.21. The van der Waals surface area contributed by atoms with Crippen LogP contribution in [0.2, 0.25) is 0 Å². The van der Waals surface area contributed by atoms with Crippen molar-refractivity contribution < 1.29 is 22.9 Å². The minimum Gasteiger partial charge on any atom is -0.461 e. The van der Waals surface area contributed by atoms with Gasteiger partial charge in [0, 0.05) is 37.9 Å². The summed E-state index contributed by atoms with van der Waals surface area (Å²) < 4.78 is 23.3. The van der Waals surface area contributed by atoms with E-state index in [9.17, 15) is 14.0 Å². The number of amides is 2. The van der Waals surface area contributed by atoms with Crippen LogP contribution in [0.25, 0.3) is 11.5 Å². The summed E-state index contributed by atoms with van der Waals surface area (Å²) in [5, 5.41) is 6.57. The van der Waals surface area contributed by atoms with E-state index < -0.39 is 0 Å². The number of carbonyl (C=O) groups excluding carboxylic acids is 2. The van der Waals surface area contributed by atoms with Crippen molar-refractivity contribution in [1.82, 2.24) is 15.0 Å². The number of hydrogen-bond donors (Lipinski definition) is 1. The van der Waals surface area contributed by atoms with E-state index in [0.29, 0.717) is 43.4 Å². The molecule has 1 aliphatic rings. The summed E-state index contributed by atoms with van der Waals surface area (Å²) in [4.78, 5) is 28.4. The molecule has 1 saturated heterocycles. The van der Waals surface area contributed by atoms with Crippen molar-refractivity contribution in [3.8, 4) is 11.5 Å². The first-order valence-electron chi connectivity index (χ1n) is 9.16. The number of carbonyl (C=O) groups is 2. The fourth-order valence-electron chi connectivity index (χ4n) is 3.12. The standard InChI is InChI=1S/C20H19FN4O4/c21-14-3-5-15(6-4-14)22-19(26)13-24-7-9-25(10-8-24)20(27)16-12-18(29-23-16)17-2-1-11-28-17/h1-6,11-12H,7-10,13H2,(H,22,26). The summed E-state index contributed by atoms with van der Waals surface area (Å²) in [7, 11) is 0. The van der Waals surface area contributed by atoms with Gasteiger partial charge in [0.25, 0.3) is 5.91 Å². The number of anilines is 1. The highest BCUT2D eigenvalue weighted by Gasteiger charge is 2.26. The zero-order valence-electron chi connectivity index (χ0n) is 15.5. The van der Waals surface area contributed by atoms with Crippen LogP contribution < -0.4 is 5.32 Å². The first kappa shape index (κ1) is 18.9. The molecule has 9 heteroatoms. The number of rotatable bonds is 5. The van der Waals surface area contributed by atoms with Crippen LogP contribution in [-0.4, -0.2) is 59.5 Å². The molecule has 0 atom stereocenters. The zero-order valence-corrected chi connectivity index (χ0v) is 15.5. The summed E-state index contributed by atoms with van der Waals surface area (Å²) in [6.07, 6.45) is 1.52. The summed E-state index contributed by atoms with van der Waals surface area (Å²) in [6, 6.07) is 10.6. The normalized spacial score (nSPS) is 14.7. The molecule has 0 unspecified atom stereocenters. The van der Waals surface area contributed by atoms with Crippen LogP contribution in [0.5, 0.6) is 0 Å². The maximum atomic E-state index is 12.9. The quantitative estimate of drug-likeness (QED) is 0.710. The maximum Gasteiger partial charge on any atom is 0.276 e. The molecular weight excluding hydrogens is 379 g/mol. The van der Waals surface area contributed by atoms with Crippen molar-refractivity contribution >= 4 is 17.5 Å². The molecule has 3 aromatic rings. The predicted octanol–water partition coefficient (Wildman–Crippen LogP) is 2.47. The van der Waals surface area contributed by atoms with Gasteiger partial charge in [0.2, 0.25) is 11.7 Å². The van der Waals surface area contributed by atoms with Gasteiger partial charge in [-0.15, -0.1) is 0 Å². The Hall–Kier alpha value is -3.46. The Morgan fingerprint density at radius 3 is 2.52 bits per heavy atom. The van der Waals surface area contributed by atoms with Crippen LogP contribution in [0.4, 0.5) is 10.1 Å². The fraction of sp³-hybridized carbons (Fsp3) is 0.250. The van der Waals surface area contributed by atoms with Gasteiger partial charge >= 0.3 is 0 Å². The second-order valence-corrected chi connectivity index (χ2v) is 6.68. The Morgan fingerprint density at radius 1 is 1.07 bits per heavy atom. The number of nitrogens with one attached hydrogen (secondary N) is 1. The number of piperazine rings is 1. The van der Waals surface area contributed by atoms with Gasteiger partial charge in [-0.2, -0.15) is 0 Å². The summed E-state index contributed by atoms with van der Waals surface area (Å²) in [5.41, 5.74) is 0.766. The Kier molecular flexibility index (Phi) is 5.39. The number of aromatic nitrogens is 1. The monoisotopic (exact) mass is 398 g/mol. The van der Waals surface area contributed by atoms with Gasteiger partial charge in [-0.25, -0.2) is 4.39 Å². The lowest BCUT2D eigenvalue weighted by Crippen LogP contribution is -2.50. The predicted molar refractivity (Wildman–Crippen MR) is 102 cm³/mol. The van der Waals surface area contributed by atoms with Crippen molar-refractivity contribution in [3.63, 3.8) is 0 Å². The van der Waals surface area contributed by atoms with Crippen LogP contribution in [0.3, 0.4) is 0 Å². The minimum atomic E-state index is -0.354. The van der Waals surface area contributed by atoms with Crippen LogP contribution in [-0.2, 0) is 4.79 Å².